The normalized spacial score (nSPS) is 11.0. The number of hydrazone groups is 1. The van der Waals surface area contributed by atoms with Crippen molar-refractivity contribution in [3.05, 3.63) is 103 Å². The van der Waals surface area contributed by atoms with Gasteiger partial charge in [0.15, 0.2) is 0 Å². The summed E-state index contributed by atoms with van der Waals surface area (Å²) in [5.41, 5.74) is 4.01. The van der Waals surface area contributed by atoms with Crippen LogP contribution in [0.3, 0.4) is 0 Å². The number of hydrogen-bond acceptors (Lipinski definition) is 3. The highest BCUT2D eigenvalue weighted by atomic mass is 16.5. The summed E-state index contributed by atoms with van der Waals surface area (Å²) in [6.07, 6.45) is 3.34. The Labute approximate surface area is 169 Å². The summed E-state index contributed by atoms with van der Waals surface area (Å²) < 4.78 is 5.56. The second-order valence-electron chi connectivity index (χ2n) is 6.53. The number of carbonyl (C=O) groups is 1. The van der Waals surface area contributed by atoms with Crippen LogP contribution in [0.2, 0.25) is 0 Å². The minimum Gasteiger partial charge on any atom is -0.489 e. The molecule has 0 spiro atoms. The van der Waals surface area contributed by atoms with Crippen molar-refractivity contribution in [2.45, 2.75) is 0 Å². The summed E-state index contributed by atoms with van der Waals surface area (Å²) >= 11 is 0. The molecule has 4 rings (SSSR count). The van der Waals surface area contributed by atoms with Gasteiger partial charge in [-0.25, -0.2) is 5.43 Å². The Morgan fingerprint density at radius 1 is 0.931 bits per heavy atom. The van der Waals surface area contributed by atoms with Gasteiger partial charge in [-0.2, -0.15) is 5.10 Å². The molecule has 0 unspecified atom stereocenters. The number of para-hydroxylation sites is 1. The Kier molecular flexibility index (Phi) is 5.34. The van der Waals surface area contributed by atoms with Gasteiger partial charge >= 0.3 is 0 Å². The predicted molar refractivity (Wildman–Crippen MR) is 119 cm³/mol. The van der Waals surface area contributed by atoms with Crippen molar-refractivity contribution in [2.75, 3.05) is 6.61 Å². The van der Waals surface area contributed by atoms with Gasteiger partial charge in [-0.1, -0.05) is 73.3 Å². The van der Waals surface area contributed by atoms with Gasteiger partial charge in [0, 0.05) is 5.56 Å². The minimum atomic E-state index is -0.328. The van der Waals surface area contributed by atoms with Crippen molar-refractivity contribution in [3.8, 4) is 5.75 Å². The molecule has 0 atom stereocenters. The molecule has 4 aromatic rings. The molecule has 0 bridgehead atoms. The van der Waals surface area contributed by atoms with Crippen LogP contribution in [-0.4, -0.2) is 18.7 Å². The van der Waals surface area contributed by atoms with Gasteiger partial charge in [0.25, 0.3) is 5.91 Å². The molecule has 1 N–H and O–H groups in total. The van der Waals surface area contributed by atoms with Crippen LogP contribution in [0.1, 0.15) is 15.9 Å². The molecule has 4 heteroatoms. The van der Waals surface area contributed by atoms with E-state index in [0.717, 1.165) is 27.1 Å². The highest BCUT2D eigenvalue weighted by molar-refractivity contribution is 6.13. The van der Waals surface area contributed by atoms with E-state index in [2.05, 4.69) is 47.4 Å². The molecule has 0 saturated carbocycles. The maximum atomic E-state index is 12.6. The molecule has 0 radical (unpaired) electrons. The topological polar surface area (TPSA) is 50.7 Å². The zero-order valence-electron chi connectivity index (χ0n) is 15.8. The van der Waals surface area contributed by atoms with Gasteiger partial charge < -0.3 is 4.74 Å². The molecule has 4 nitrogen and oxygen atoms in total. The van der Waals surface area contributed by atoms with Crippen molar-refractivity contribution in [2.24, 2.45) is 5.10 Å². The molecule has 4 aromatic carbocycles. The molecular weight excluding hydrogens is 360 g/mol. The van der Waals surface area contributed by atoms with E-state index >= 15 is 0 Å². The van der Waals surface area contributed by atoms with E-state index in [9.17, 15) is 4.79 Å². The fourth-order valence-corrected chi connectivity index (χ4v) is 3.33. The Balaban J connectivity index is 1.65. The van der Waals surface area contributed by atoms with Crippen molar-refractivity contribution < 1.29 is 9.53 Å². The average molecular weight is 380 g/mol. The number of nitrogens with zero attached hydrogens (tertiary/aromatic N) is 1. The van der Waals surface area contributed by atoms with Crippen LogP contribution in [0.15, 0.2) is 96.6 Å². The van der Waals surface area contributed by atoms with Crippen LogP contribution < -0.4 is 10.2 Å². The SMILES string of the molecule is C=CCOc1ccccc1C(=O)N/N=C/c1c2ccccc2cc2ccccc12. The summed E-state index contributed by atoms with van der Waals surface area (Å²) in [5, 5.41) is 8.66. The number of nitrogens with one attached hydrogen (secondary N) is 1. The lowest BCUT2D eigenvalue weighted by Gasteiger charge is -2.09. The van der Waals surface area contributed by atoms with Crippen LogP contribution >= 0.6 is 0 Å². The van der Waals surface area contributed by atoms with Crippen molar-refractivity contribution in [3.63, 3.8) is 0 Å². The second-order valence-corrected chi connectivity index (χ2v) is 6.53. The first-order valence-corrected chi connectivity index (χ1v) is 9.34. The van der Waals surface area contributed by atoms with Crippen LogP contribution in [-0.2, 0) is 0 Å². The first-order valence-electron chi connectivity index (χ1n) is 9.34. The minimum absolute atomic E-state index is 0.328. The Morgan fingerprint density at radius 3 is 2.24 bits per heavy atom. The molecule has 0 fully saturated rings. The largest absolute Gasteiger partial charge is 0.489 e. The van der Waals surface area contributed by atoms with E-state index in [0.29, 0.717) is 17.9 Å². The molecule has 0 aliphatic heterocycles. The van der Waals surface area contributed by atoms with Crippen LogP contribution in [0, 0.1) is 0 Å². The summed E-state index contributed by atoms with van der Waals surface area (Å²) in [6, 6.07) is 25.5. The third kappa shape index (κ3) is 3.87. The molecule has 142 valence electrons. The van der Waals surface area contributed by atoms with E-state index in [1.54, 1.807) is 30.5 Å². The van der Waals surface area contributed by atoms with Crippen molar-refractivity contribution in [1.29, 1.82) is 0 Å². The molecule has 0 aliphatic rings. The van der Waals surface area contributed by atoms with Crippen LogP contribution in [0.4, 0.5) is 0 Å². The quantitative estimate of drug-likeness (QED) is 0.213. The van der Waals surface area contributed by atoms with Gasteiger partial charge in [-0.15, -0.1) is 0 Å². The molecule has 0 saturated heterocycles. The van der Waals surface area contributed by atoms with E-state index in [1.807, 2.05) is 30.3 Å². The zero-order valence-corrected chi connectivity index (χ0v) is 15.8. The van der Waals surface area contributed by atoms with Crippen LogP contribution in [0.25, 0.3) is 21.5 Å². The molecule has 1 amide bonds. The van der Waals surface area contributed by atoms with Crippen LogP contribution in [0.5, 0.6) is 5.75 Å². The summed E-state index contributed by atoms with van der Waals surface area (Å²) in [7, 11) is 0. The van der Waals surface area contributed by atoms with E-state index in [4.69, 9.17) is 4.74 Å². The number of fused-ring (bicyclic) bond motifs is 2. The number of amides is 1. The maximum Gasteiger partial charge on any atom is 0.275 e. The fourth-order valence-electron chi connectivity index (χ4n) is 3.33. The molecule has 0 aliphatic carbocycles. The molecule has 0 aromatic heterocycles. The first kappa shape index (κ1) is 18.4. The standard InChI is InChI=1S/C25H20N2O2/c1-2-15-29-24-14-8-7-13-22(24)25(28)27-26-17-23-20-11-5-3-9-18(20)16-19-10-4-6-12-21(19)23/h2-14,16-17H,1,15H2,(H,27,28)/b26-17+. The Bertz CT molecular complexity index is 1170. The smallest absolute Gasteiger partial charge is 0.275 e. The lowest BCUT2D eigenvalue weighted by molar-refractivity contribution is 0.0951. The number of hydrogen-bond donors (Lipinski definition) is 1. The van der Waals surface area contributed by atoms with E-state index in [1.165, 1.54) is 0 Å². The van der Waals surface area contributed by atoms with E-state index in [-0.39, 0.29) is 5.91 Å². The summed E-state index contributed by atoms with van der Waals surface area (Å²) in [4.78, 5) is 12.6. The first-order chi connectivity index (χ1) is 14.3. The molecule has 29 heavy (non-hydrogen) atoms. The third-order valence-electron chi connectivity index (χ3n) is 4.66. The van der Waals surface area contributed by atoms with Gasteiger partial charge in [0.05, 0.1) is 11.8 Å². The Morgan fingerprint density at radius 2 is 1.55 bits per heavy atom. The third-order valence-corrected chi connectivity index (χ3v) is 4.66. The fraction of sp³-hybridized carbons (Fsp3) is 0.0400. The van der Waals surface area contributed by atoms with Gasteiger partial charge in [-0.05, 0) is 39.7 Å². The van der Waals surface area contributed by atoms with E-state index < -0.39 is 0 Å². The lowest BCUT2D eigenvalue weighted by atomic mass is 9.97. The number of rotatable bonds is 6. The second kappa shape index (κ2) is 8.40. The maximum absolute atomic E-state index is 12.6. The predicted octanol–water partition coefficient (Wildman–Crippen LogP) is 5.32. The number of benzene rings is 4. The zero-order chi connectivity index (χ0) is 20.1. The van der Waals surface area contributed by atoms with Crippen molar-refractivity contribution in [1.82, 2.24) is 5.43 Å². The lowest BCUT2D eigenvalue weighted by Crippen LogP contribution is -2.18. The van der Waals surface area contributed by atoms with Gasteiger partial charge in [0.1, 0.15) is 12.4 Å². The molecular formula is C25H20N2O2. The van der Waals surface area contributed by atoms with Gasteiger partial charge in [-0.3, -0.25) is 4.79 Å². The highest BCUT2D eigenvalue weighted by Gasteiger charge is 2.11. The highest BCUT2D eigenvalue weighted by Crippen LogP contribution is 2.27. The Hall–Kier alpha value is -3.92. The summed E-state index contributed by atoms with van der Waals surface area (Å²) in [6.45, 7) is 3.96. The number of carbonyl (C=O) groups excluding carboxylic acids is 1. The monoisotopic (exact) mass is 380 g/mol. The number of ether oxygens (including phenoxy) is 1. The average Bonchev–Trinajstić information content (AvgIpc) is 2.77. The summed E-state index contributed by atoms with van der Waals surface area (Å²) in [5.74, 6) is 0.168. The van der Waals surface area contributed by atoms with Gasteiger partial charge in [0.2, 0.25) is 0 Å². The molecule has 0 heterocycles. The van der Waals surface area contributed by atoms with Crippen molar-refractivity contribution >= 4 is 33.7 Å².